The average Bonchev–Trinajstić information content (AvgIpc) is 3.13. The van der Waals surface area contributed by atoms with Crippen LogP contribution in [0.1, 0.15) is 34.5 Å². The van der Waals surface area contributed by atoms with Gasteiger partial charge in [-0.15, -0.1) is 0 Å². The predicted octanol–water partition coefficient (Wildman–Crippen LogP) is 2.28. The van der Waals surface area contributed by atoms with Gasteiger partial charge >= 0.3 is 5.97 Å². The fourth-order valence-corrected chi connectivity index (χ4v) is 3.76. The Kier molecular flexibility index (Phi) is 4.68. The van der Waals surface area contributed by atoms with Crippen molar-refractivity contribution in [2.45, 2.75) is 32.7 Å². The Morgan fingerprint density at radius 2 is 1.96 bits per heavy atom. The second-order valence-corrected chi connectivity index (χ2v) is 6.24. The normalized spacial score (nSPS) is 15.6. The van der Waals surface area contributed by atoms with Gasteiger partial charge in [0.2, 0.25) is 0 Å². The number of benzene rings is 1. The number of aromatic nitrogens is 1. The SMILES string of the molecule is Cc1c(CCN2CCCC2)c2c(C(=O)O)cccc2n1CCO. The van der Waals surface area contributed by atoms with Gasteiger partial charge in [-0.05, 0) is 57.0 Å². The summed E-state index contributed by atoms with van der Waals surface area (Å²) in [5, 5.41) is 19.7. The minimum absolute atomic E-state index is 0.0491. The van der Waals surface area contributed by atoms with E-state index in [4.69, 9.17) is 0 Å². The van der Waals surface area contributed by atoms with Crippen LogP contribution in [-0.4, -0.2) is 51.9 Å². The molecule has 1 saturated heterocycles. The zero-order valence-corrected chi connectivity index (χ0v) is 13.6. The number of nitrogens with zero attached hydrogens (tertiary/aromatic N) is 2. The largest absolute Gasteiger partial charge is 0.478 e. The van der Waals surface area contributed by atoms with E-state index in [-0.39, 0.29) is 6.61 Å². The second-order valence-electron chi connectivity index (χ2n) is 6.24. The minimum Gasteiger partial charge on any atom is -0.478 e. The molecule has 0 bridgehead atoms. The smallest absolute Gasteiger partial charge is 0.336 e. The fourth-order valence-electron chi connectivity index (χ4n) is 3.76. The molecule has 0 aliphatic carbocycles. The number of hydrogen-bond donors (Lipinski definition) is 2. The number of rotatable bonds is 6. The Morgan fingerprint density at radius 3 is 2.61 bits per heavy atom. The van der Waals surface area contributed by atoms with E-state index in [2.05, 4.69) is 4.90 Å². The summed E-state index contributed by atoms with van der Waals surface area (Å²) in [6, 6.07) is 5.40. The molecule has 0 atom stereocenters. The van der Waals surface area contributed by atoms with Gasteiger partial charge in [0.1, 0.15) is 0 Å². The molecule has 2 aromatic rings. The molecule has 5 heteroatoms. The van der Waals surface area contributed by atoms with Crippen LogP contribution in [0, 0.1) is 6.92 Å². The lowest BCUT2D eigenvalue weighted by Crippen LogP contribution is -2.22. The first kappa shape index (κ1) is 16.0. The molecule has 124 valence electrons. The quantitative estimate of drug-likeness (QED) is 0.858. The first-order valence-electron chi connectivity index (χ1n) is 8.30. The highest BCUT2D eigenvalue weighted by atomic mass is 16.4. The van der Waals surface area contributed by atoms with Gasteiger partial charge in [0.25, 0.3) is 0 Å². The summed E-state index contributed by atoms with van der Waals surface area (Å²) in [6.45, 7) is 5.82. The lowest BCUT2D eigenvalue weighted by Gasteiger charge is -2.14. The van der Waals surface area contributed by atoms with Gasteiger partial charge in [-0.25, -0.2) is 4.79 Å². The minimum atomic E-state index is -0.890. The van der Waals surface area contributed by atoms with Crippen molar-refractivity contribution in [2.75, 3.05) is 26.2 Å². The Hall–Kier alpha value is -1.85. The van der Waals surface area contributed by atoms with E-state index >= 15 is 0 Å². The molecule has 5 nitrogen and oxygen atoms in total. The molecule has 1 aromatic carbocycles. The molecule has 1 aliphatic rings. The molecule has 0 spiro atoms. The molecular weight excluding hydrogens is 292 g/mol. The summed E-state index contributed by atoms with van der Waals surface area (Å²) < 4.78 is 2.04. The van der Waals surface area contributed by atoms with Crippen molar-refractivity contribution in [3.8, 4) is 0 Å². The van der Waals surface area contributed by atoms with Crippen molar-refractivity contribution in [1.82, 2.24) is 9.47 Å². The third-order valence-electron chi connectivity index (χ3n) is 4.91. The van der Waals surface area contributed by atoms with Gasteiger partial charge in [-0.1, -0.05) is 6.07 Å². The molecule has 1 aromatic heterocycles. The van der Waals surface area contributed by atoms with Crippen molar-refractivity contribution < 1.29 is 15.0 Å². The highest BCUT2D eigenvalue weighted by Gasteiger charge is 2.20. The highest BCUT2D eigenvalue weighted by molar-refractivity contribution is 6.05. The van der Waals surface area contributed by atoms with E-state index in [0.717, 1.165) is 48.2 Å². The van der Waals surface area contributed by atoms with Gasteiger partial charge in [0.05, 0.1) is 12.2 Å². The Morgan fingerprint density at radius 1 is 1.22 bits per heavy atom. The number of aromatic carboxylic acids is 1. The lowest BCUT2D eigenvalue weighted by atomic mass is 10.0. The van der Waals surface area contributed by atoms with E-state index in [1.807, 2.05) is 17.6 Å². The van der Waals surface area contributed by atoms with E-state index < -0.39 is 5.97 Å². The standard InChI is InChI=1S/C18H24N2O3/c1-13-14(7-10-19-8-2-3-9-19)17-15(18(22)23)5-4-6-16(17)20(13)11-12-21/h4-6,21H,2-3,7-12H2,1H3,(H,22,23). The molecular formula is C18H24N2O3. The lowest BCUT2D eigenvalue weighted by molar-refractivity contribution is 0.0699. The number of aliphatic hydroxyl groups excluding tert-OH is 1. The first-order chi connectivity index (χ1) is 11.1. The monoisotopic (exact) mass is 316 g/mol. The van der Waals surface area contributed by atoms with E-state index in [0.29, 0.717) is 12.1 Å². The van der Waals surface area contributed by atoms with Crippen LogP contribution in [0.3, 0.4) is 0 Å². The summed E-state index contributed by atoms with van der Waals surface area (Å²) in [5.41, 5.74) is 3.45. The van der Waals surface area contributed by atoms with Gasteiger partial charge in [0, 0.05) is 29.7 Å². The predicted molar refractivity (Wildman–Crippen MR) is 90.1 cm³/mol. The van der Waals surface area contributed by atoms with Crippen molar-refractivity contribution in [3.63, 3.8) is 0 Å². The summed E-state index contributed by atoms with van der Waals surface area (Å²) in [6.07, 6.45) is 3.36. The Balaban J connectivity index is 2.05. The molecule has 0 amide bonds. The summed E-state index contributed by atoms with van der Waals surface area (Å²) >= 11 is 0. The number of hydrogen-bond acceptors (Lipinski definition) is 3. The van der Waals surface area contributed by atoms with Crippen LogP contribution in [0.2, 0.25) is 0 Å². The average molecular weight is 316 g/mol. The molecule has 1 fully saturated rings. The highest BCUT2D eigenvalue weighted by Crippen LogP contribution is 2.30. The third-order valence-corrected chi connectivity index (χ3v) is 4.91. The maximum absolute atomic E-state index is 11.6. The topological polar surface area (TPSA) is 65.7 Å². The number of likely N-dealkylation sites (tertiary alicyclic amines) is 1. The Bertz CT molecular complexity index is 715. The van der Waals surface area contributed by atoms with Crippen molar-refractivity contribution in [1.29, 1.82) is 0 Å². The van der Waals surface area contributed by atoms with Gasteiger partial charge in [-0.3, -0.25) is 0 Å². The molecule has 0 radical (unpaired) electrons. The van der Waals surface area contributed by atoms with Gasteiger partial charge in [0.15, 0.2) is 0 Å². The zero-order valence-electron chi connectivity index (χ0n) is 13.6. The van der Waals surface area contributed by atoms with Crippen LogP contribution in [0.25, 0.3) is 10.9 Å². The molecule has 2 N–H and O–H groups in total. The summed E-state index contributed by atoms with van der Waals surface area (Å²) in [5.74, 6) is -0.890. The second kappa shape index (κ2) is 6.72. The number of aliphatic hydroxyl groups is 1. The first-order valence-corrected chi connectivity index (χ1v) is 8.30. The molecule has 23 heavy (non-hydrogen) atoms. The fraction of sp³-hybridized carbons (Fsp3) is 0.500. The maximum Gasteiger partial charge on any atom is 0.336 e. The summed E-state index contributed by atoms with van der Waals surface area (Å²) in [7, 11) is 0. The van der Waals surface area contributed by atoms with Gasteiger partial charge < -0.3 is 19.7 Å². The zero-order chi connectivity index (χ0) is 16.4. The van der Waals surface area contributed by atoms with Crippen LogP contribution in [-0.2, 0) is 13.0 Å². The number of carbonyl (C=O) groups is 1. The maximum atomic E-state index is 11.6. The van der Waals surface area contributed by atoms with Crippen molar-refractivity contribution in [3.05, 3.63) is 35.0 Å². The molecule has 3 rings (SSSR count). The number of carboxylic acids is 1. The number of carboxylic acid groups (broad SMARTS) is 1. The molecule has 1 aliphatic heterocycles. The van der Waals surface area contributed by atoms with Crippen molar-refractivity contribution >= 4 is 16.9 Å². The third kappa shape index (κ3) is 2.99. The van der Waals surface area contributed by atoms with Crippen LogP contribution in [0.5, 0.6) is 0 Å². The van der Waals surface area contributed by atoms with E-state index in [9.17, 15) is 15.0 Å². The molecule has 0 saturated carbocycles. The van der Waals surface area contributed by atoms with Crippen LogP contribution in [0.15, 0.2) is 18.2 Å². The van der Waals surface area contributed by atoms with Crippen LogP contribution < -0.4 is 0 Å². The molecule has 2 heterocycles. The van der Waals surface area contributed by atoms with E-state index in [1.54, 1.807) is 12.1 Å². The summed E-state index contributed by atoms with van der Waals surface area (Å²) in [4.78, 5) is 14.1. The Labute approximate surface area is 136 Å². The van der Waals surface area contributed by atoms with Crippen molar-refractivity contribution in [2.24, 2.45) is 0 Å². The van der Waals surface area contributed by atoms with Crippen LogP contribution >= 0.6 is 0 Å². The van der Waals surface area contributed by atoms with Crippen LogP contribution in [0.4, 0.5) is 0 Å². The molecule has 0 unspecified atom stereocenters. The number of fused-ring (bicyclic) bond motifs is 1. The van der Waals surface area contributed by atoms with Gasteiger partial charge in [-0.2, -0.15) is 0 Å². The van der Waals surface area contributed by atoms with E-state index in [1.165, 1.54) is 12.8 Å².